The van der Waals surface area contributed by atoms with Crippen molar-refractivity contribution in [2.45, 2.75) is 50.7 Å². The van der Waals surface area contributed by atoms with Gasteiger partial charge in [0.1, 0.15) is 17.5 Å². The fraction of sp³-hybridized carbons (Fsp3) is 0.276. The van der Waals surface area contributed by atoms with Crippen LogP contribution in [0.3, 0.4) is 0 Å². The van der Waals surface area contributed by atoms with Gasteiger partial charge < -0.3 is 10.2 Å². The number of benzene rings is 3. The third kappa shape index (κ3) is 5.78. The maximum absolute atomic E-state index is 13.9. The van der Waals surface area contributed by atoms with Crippen LogP contribution in [0.1, 0.15) is 40.9 Å². The van der Waals surface area contributed by atoms with E-state index in [0.717, 1.165) is 16.7 Å². The number of aryl methyl sites for hydroxylation is 1. The lowest BCUT2D eigenvalue weighted by molar-refractivity contribution is -0.141. The molecule has 1 N–H and O–H groups in total. The van der Waals surface area contributed by atoms with Gasteiger partial charge in [-0.15, -0.1) is 0 Å². The Kier molecular flexibility index (Phi) is 7.97. The van der Waals surface area contributed by atoms with Crippen LogP contribution in [0.25, 0.3) is 0 Å². The van der Waals surface area contributed by atoms with Gasteiger partial charge in [0.15, 0.2) is 0 Å². The minimum absolute atomic E-state index is 0.0313. The van der Waals surface area contributed by atoms with Crippen molar-refractivity contribution in [1.29, 1.82) is 0 Å². The Morgan fingerprint density at radius 1 is 0.895 bits per heavy atom. The lowest BCUT2D eigenvalue weighted by atomic mass is 10.0. The number of hydrogen-bond acceptors (Lipinski definition) is 5. The third-order valence-corrected chi connectivity index (χ3v) is 8.15. The number of sulfonamides is 1. The predicted octanol–water partition coefficient (Wildman–Crippen LogP) is 3.30. The largest absolute Gasteiger partial charge is 0.352 e. The van der Waals surface area contributed by atoms with Crippen LogP contribution in [0, 0.1) is 6.92 Å². The van der Waals surface area contributed by atoms with E-state index in [1.165, 1.54) is 23.1 Å². The summed E-state index contributed by atoms with van der Waals surface area (Å²) in [4.78, 5) is 41.6. The first-order chi connectivity index (χ1) is 18.1. The van der Waals surface area contributed by atoms with E-state index in [0.29, 0.717) is 4.31 Å². The second-order valence-electron chi connectivity index (χ2n) is 9.69. The molecule has 0 unspecified atom stereocenters. The standard InChI is InChI=1S/C29H31N3O5S/c1-20(2)30-28(34)25(17-22-9-5-4-6-10-22)31(18-23-15-13-21(3)14-16-23)27(33)19-32-29(35)24-11-7-8-12-26(24)38(32,36)37/h4-16,20,25H,17-19H2,1-3H3,(H,30,34)/t25-/m0/s1. The summed E-state index contributed by atoms with van der Waals surface area (Å²) >= 11 is 0. The van der Waals surface area contributed by atoms with Gasteiger partial charge in [-0.3, -0.25) is 14.4 Å². The molecule has 0 saturated heterocycles. The SMILES string of the molecule is Cc1ccc(CN(C(=O)CN2C(=O)c3ccccc3S2(=O)=O)[C@@H](Cc2ccccc2)C(=O)NC(C)C)cc1. The molecule has 198 valence electrons. The molecule has 0 spiro atoms. The summed E-state index contributed by atoms with van der Waals surface area (Å²) in [5.41, 5.74) is 2.69. The molecule has 0 aromatic heterocycles. The van der Waals surface area contributed by atoms with E-state index < -0.39 is 34.4 Å². The summed E-state index contributed by atoms with van der Waals surface area (Å²) in [5, 5.41) is 2.89. The monoisotopic (exact) mass is 533 g/mol. The first-order valence-corrected chi connectivity index (χ1v) is 13.9. The Morgan fingerprint density at radius 3 is 2.16 bits per heavy atom. The summed E-state index contributed by atoms with van der Waals surface area (Å²) < 4.78 is 26.9. The van der Waals surface area contributed by atoms with Crippen molar-refractivity contribution >= 4 is 27.7 Å². The molecule has 3 aromatic carbocycles. The van der Waals surface area contributed by atoms with Crippen LogP contribution in [0.5, 0.6) is 0 Å². The molecule has 1 aliphatic rings. The molecule has 0 radical (unpaired) electrons. The molecule has 3 amide bonds. The van der Waals surface area contributed by atoms with Gasteiger partial charge >= 0.3 is 0 Å². The molecule has 0 fully saturated rings. The Hall–Kier alpha value is -3.98. The number of amides is 3. The molecule has 3 aromatic rings. The smallest absolute Gasteiger partial charge is 0.269 e. The molecule has 0 bridgehead atoms. The van der Waals surface area contributed by atoms with Crippen molar-refractivity contribution in [3.8, 4) is 0 Å². The van der Waals surface area contributed by atoms with Gasteiger partial charge in [0.05, 0.1) is 5.56 Å². The van der Waals surface area contributed by atoms with E-state index in [-0.39, 0.29) is 35.4 Å². The third-order valence-electron chi connectivity index (χ3n) is 6.37. The number of carbonyl (C=O) groups excluding carboxylic acids is 3. The van der Waals surface area contributed by atoms with E-state index >= 15 is 0 Å². The number of hydrogen-bond donors (Lipinski definition) is 1. The molecule has 0 aliphatic carbocycles. The van der Waals surface area contributed by atoms with E-state index in [4.69, 9.17) is 0 Å². The maximum Gasteiger partial charge on any atom is 0.269 e. The minimum atomic E-state index is -4.19. The van der Waals surface area contributed by atoms with Crippen molar-refractivity contribution in [2.24, 2.45) is 0 Å². The Labute approximate surface area is 223 Å². The number of carbonyl (C=O) groups is 3. The van der Waals surface area contributed by atoms with Crippen molar-refractivity contribution in [2.75, 3.05) is 6.54 Å². The van der Waals surface area contributed by atoms with Gasteiger partial charge in [0, 0.05) is 19.0 Å². The van der Waals surface area contributed by atoms with Crippen LogP contribution in [0.4, 0.5) is 0 Å². The molecule has 0 saturated carbocycles. The zero-order valence-electron chi connectivity index (χ0n) is 21.6. The highest BCUT2D eigenvalue weighted by molar-refractivity contribution is 7.90. The van der Waals surface area contributed by atoms with E-state index in [2.05, 4.69) is 5.32 Å². The van der Waals surface area contributed by atoms with E-state index in [1.807, 2.05) is 75.4 Å². The minimum Gasteiger partial charge on any atom is -0.352 e. The quantitative estimate of drug-likeness (QED) is 0.455. The molecule has 1 aliphatic heterocycles. The number of fused-ring (bicyclic) bond motifs is 1. The second-order valence-corrected chi connectivity index (χ2v) is 11.5. The molecule has 1 atom stereocenters. The summed E-state index contributed by atoms with van der Waals surface area (Å²) in [6.45, 7) is 4.97. The Bertz CT molecular complexity index is 1440. The lowest BCUT2D eigenvalue weighted by Gasteiger charge is -2.33. The van der Waals surface area contributed by atoms with Gasteiger partial charge in [0.2, 0.25) is 11.8 Å². The average molecular weight is 534 g/mol. The zero-order chi connectivity index (χ0) is 27.4. The highest BCUT2D eigenvalue weighted by Gasteiger charge is 2.43. The van der Waals surface area contributed by atoms with Crippen LogP contribution in [0.2, 0.25) is 0 Å². The van der Waals surface area contributed by atoms with Gasteiger partial charge in [-0.2, -0.15) is 0 Å². The molecule has 4 rings (SSSR count). The summed E-state index contributed by atoms with van der Waals surface area (Å²) in [7, 11) is -4.19. The van der Waals surface area contributed by atoms with Crippen molar-refractivity contribution in [3.63, 3.8) is 0 Å². The second kappa shape index (κ2) is 11.2. The summed E-state index contributed by atoms with van der Waals surface area (Å²) in [6.07, 6.45) is 0.220. The number of nitrogens with zero attached hydrogens (tertiary/aromatic N) is 2. The van der Waals surface area contributed by atoms with Gasteiger partial charge in [-0.05, 0) is 44.0 Å². The average Bonchev–Trinajstić information content (AvgIpc) is 3.08. The topological polar surface area (TPSA) is 104 Å². The molecule has 9 heteroatoms. The summed E-state index contributed by atoms with van der Waals surface area (Å²) in [5.74, 6) is -1.76. The van der Waals surface area contributed by atoms with Crippen molar-refractivity contribution in [1.82, 2.24) is 14.5 Å². The zero-order valence-corrected chi connectivity index (χ0v) is 22.4. The molecule has 8 nitrogen and oxygen atoms in total. The predicted molar refractivity (Wildman–Crippen MR) is 144 cm³/mol. The number of nitrogens with one attached hydrogen (secondary N) is 1. The van der Waals surface area contributed by atoms with Crippen molar-refractivity contribution in [3.05, 3.63) is 101 Å². The number of rotatable bonds is 9. The molecule has 1 heterocycles. The van der Waals surface area contributed by atoms with Gasteiger partial charge in [0.25, 0.3) is 15.9 Å². The van der Waals surface area contributed by atoms with Crippen LogP contribution in [0.15, 0.2) is 83.8 Å². The van der Waals surface area contributed by atoms with Gasteiger partial charge in [-0.1, -0.05) is 72.3 Å². The normalized spacial score (nSPS) is 14.7. The molecular formula is C29H31N3O5S. The molecular weight excluding hydrogens is 502 g/mol. The van der Waals surface area contributed by atoms with Crippen LogP contribution in [-0.2, 0) is 32.6 Å². The summed E-state index contributed by atoms with van der Waals surface area (Å²) in [6, 6.07) is 21.6. The lowest BCUT2D eigenvalue weighted by Crippen LogP contribution is -2.54. The highest BCUT2D eigenvalue weighted by Crippen LogP contribution is 2.30. The van der Waals surface area contributed by atoms with Crippen LogP contribution < -0.4 is 5.32 Å². The first-order valence-electron chi connectivity index (χ1n) is 12.4. The first kappa shape index (κ1) is 27.1. The van der Waals surface area contributed by atoms with Crippen LogP contribution in [-0.4, -0.2) is 54.0 Å². The fourth-order valence-corrected chi connectivity index (χ4v) is 5.94. The highest BCUT2D eigenvalue weighted by atomic mass is 32.2. The Morgan fingerprint density at radius 2 is 1.53 bits per heavy atom. The molecule has 38 heavy (non-hydrogen) atoms. The van der Waals surface area contributed by atoms with Gasteiger partial charge in [-0.25, -0.2) is 12.7 Å². The van der Waals surface area contributed by atoms with Crippen LogP contribution >= 0.6 is 0 Å². The van der Waals surface area contributed by atoms with E-state index in [9.17, 15) is 22.8 Å². The fourth-order valence-electron chi connectivity index (χ4n) is 4.43. The maximum atomic E-state index is 13.9. The Balaban J connectivity index is 1.71. The van der Waals surface area contributed by atoms with E-state index in [1.54, 1.807) is 6.07 Å². The van der Waals surface area contributed by atoms with Crippen molar-refractivity contribution < 1.29 is 22.8 Å².